The van der Waals surface area contributed by atoms with Crippen molar-refractivity contribution in [1.29, 1.82) is 0 Å². The third-order valence-electron chi connectivity index (χ3n) is 3.61. The van der Waals surface area contributed by atoms with Crippen molar-refractivity contribution in [3.05, 3.63) is 11.8 Å². The summed E-state index contributed by atoms with van der Waals surface area (Å²) in [6, 6.07) is 0.572. The largest absolute Gasteiger partial charge is 0.382 e. The van der Waals surface area contributed by atoms with Crippen LogP contribution in [0, 0.1) is 5.92 Å². The van der Waals surface area contributed by atoms with Crippen molar-refractivity contribution >= 4 is 0 Å². The number of ether oxygens (including phenoxy) is 1. The van der Waals surface area contributed by atoms with Gasteiger partial charge in [-0.05, 0) is 44.1 Å². The van der Waals surface area contributed by atoms with Gasteiger partial charge < -0.3 is 10.2 Å². The molecule has 0 spiro atoms. The Morgan fingerprint density at radius 3 is 2.25 bits per heavy atom. The molecule has 1 rings (SSSR count). The van der Waals surface area contributed by atoms with E-state index in [0.717, 1.165) is 12.8 Å². The van der Waals surface area contributed by atoms with Gasteiger partial charge in [0.1, 0.15) is 0 Å². The highest BCUT2D eigenvalue weighted by molar-refractivity contribution is 5.11. The van der Waals surface area contributed by atoms with Crippen LogP contribution in [0.2, 0.25) is 0 Å². The quantitative estimate of drug-likeness (QED) is 0.729. The Kier molecular flexibility index (Phi) is 16.2. The predicted molar refractivity (Wildman–Crippen MR) is 92.7 cm³/mol. The number of hydrogen-bond donors (Lipinski definition) is 2. The first-order valence-corrected chi connectivity index (χ1v) is 8.45. The van der Waals surface area contributed by atoms with E-state index in [1.54, 1.807) is 7.11 Å². The summed E-state index contributed by atoms with van der Waals surface area (Å²) in [5.74, 6) is 0.676. The SMILES string of the molecule is CC.CC.CCC1NNC=C(CCC(C)OC)C1CC.[HH]. The lowest BCUT2D eigenvalue weighted by Gasteiger charge is -2.33. The molecule has 1 heterocycles. The van der Waals surface area contributed by atoms with Crippen LogP contribution in [0.4, 0.5) is 0 Å². The summed E-state index contributed by atoms with van der Waals surface area (Å²) in [5.41, 5.74) is 8.07. The monoisotopic (exact) mass is 288 g/mol. The summed E-state index contributed by atoms with van der Waals surface area (Å²) in [5, 5.41) is 0. The smallest absolute Gasteiger partial charge is 0.0546 e. The van der Waals surface area contributed by atoms with Gasteiger partial charge in [0.2, 0.25) is 0 Å². The summed E-state index contributed by atoms with van der Waals surface area (Å²) in [7, 11) is 1.78. The molecule has 3 heteroatoms. The zero-order valence-electron chi connectivity index (χ0n) is 15.0. The van der Waals surface area contributed by atoms with E-state index in [4.69, 9.17) is 4.74 Å². The molecule has 20 heavy (non-hydrogen) atoms. The third-order valence-corrected chi connectivity index (χ3v) is 3.61. The van der Waals surface area contributed by atoms with Crippen molar-refractivity contribution in [1.82, 2.24) is 10.9 Å². The highest BCUT2D eigenvalue weighted by Crippen LogP contribution is 2.27. The lowest BCUT2D eigenvalue weighted by molar-refractivity contribution is 0.110. The predicted octanol–water partition coefficient (Wildman–Crippen LogP) is 4.90. The van der Waals surface area contributed by atoms with Gasteiger partial charge in [-0.3, -0.25) is 0 Å². The molecule has 124 valence electrons. The van der Waals surface area contributed by atoms with Crippen LogP contribution < -0.4 is 10.9 Å². The van der Waals surface area contributed by atoms with Crippen LogP contribution in [0.3, 0.4) is 0 Å². The average molecular weight is 289 g/mol. The Morgan fingerprint density at radius 1 is 1.20 bits per heavy atom. The second kappa shape index (κ2) is 14.9. The molecule has 0 fully saturated rings. The highest BCUT2D eigenvalue weighted by Gasteiger charge is 2.24. The molecular weight excluding hydrogens is 248 g/mol. The van der Waals surface area contributed by atoms with E-state index >= 15 is 0 Å². The summed E-state index contributed by atoms with van der Waals surface area (Å²) in [4.78, 5) is 0. The standard InChI is InChI=1S/C13H26N2O.2C2H6.H2/c1-5-12-11(8-7-10(3)16-4)9-14-15-13(12)6-2;2*1-2;/h9-10,12-15H,5-8H2,1-4H3;2*1-2H3;1H. The van der Waals surface area contributed by atoms with Crippen molar-refractivity contribution in [2.75, 3.05) is 7.11 Å². The van der Waals surface area contributed by atoms with Gasteiger partial charge in [-0.25, -0.2) is 5.43 Å². The molecule has 1 aliphatic rings. The van der Waals surface area contributed by atoms with Crippen molar-refractivity contribution in [3.63, 3.8) is 0 Å². The maximum absolute atomic E-state index is 5.30. The lowest BCUT2D eigenvalue weighted by atomic mass is 9.84. The fourth-order valence-corrected chi connectivity index (χ4v) is 2.39. The summed E-state index contributed by atoms with van der Waals surface area (Å²) < 4.78 is 5.30. The van der Waals surface area contributed by atoms with Crippen LogP contribution in [-0.2, 0) is 4.74 Å². The van der Waals surface area contributed by atoms with E-state index < -0.39 is 0 Å². The topological polar surface area (TPSA) is 33.3 Å². The maximum atomic E-state index is 5.30. The van der Waals surface area contributed by atoms with Crippen LogP contribution in [0.5, 0.6) is 0 Å². The molecule has 0 saturated carbocycles. The Hall–Kier alpha value is -0.540. The van der Waals surface area contributed by atoms with Crippen LogP contribution in [-0.4, -0.2) is 19.3 Å². The number of hydrogen-bond acceptors (Lipinski definition) is 3. The van der Waals surface area contributed by atoms with Crippen LogP contribution >= 0.6 is 0 Å². The fourth-order valence-electron chi connectivity index (χ4n) is 2.39. The molecule has 0 radical (unpaired) electrons. The lowest BCUT2D eigenvalue weighted by Crippen LogP contribution is -2.47. The van der Waals surface area contributed by atoms with E-state index in [1.165, 1.54) is 18.4 Å². The zero-order valence-corrected chi connectivity index (χ0v) is 15.0. The number of methoxy groups -OCH3 is 1. The minimum Gasteiger partial charge on any atom is -0.382 e. The average Bonchev–Trinajstić information content (AvgIpc) is 2.55. The molecule has 3 unspecified atom stereocenters. The number of rotatable bonds is 6. The van der Waals surface area contributed by atoms with Crippen molar-refractivity contribution < 1.29 is 6.16 Å². The van der Waals surface area contributed by atoms with Gasteiger partial charge in [-0.1, -0.05) is 41.5 Å². The van der Waals surface area contributed by atoms with E-state index in [-0.39, 0.29) is 1.43 Å². The minimum atomic E-state index is 0. The number of nitrogens with one attached hydrogen (secondary N) is 2. The molecule has 0 bridgehead atoms. The highest BCUT2D eigenvalue weighted by atomic mass is 16.5. The third kappa shape index (κ3) is 7.91. The summed E-state index contributed by atoms with van der Waals surface area (Å²) in [6.45, 7) is 14.6. The van der Waals surface area contributed by atoms with Gasteiger partial charge in [0.25, 0.3) is 0 Å². The first kappa shape index (κ1) is 21.8. The Bertz CT molecular complexity index is 235. The van der Waals surface area contributed by atoms with Crippen molar-refractivity contribution in [2.45, 2.75) is 86.3 Å². The zero-order chi connectivity index (χ0) is 16.0. The van der Waals surface area contributed by atoms with E-state index in [2.05, 4.69) is 37.8 Å². The second-order valence-corrected chi connectivity index (χ2v) is 4.62. The fraction of sp³-hybridized carbons (Fsp3) is 0.882. The van der Waals surface area contributed by atoms with E-state index in [1.807, 2.05) is 27.7 Å². The normalized spacial score (nSPS) is 22.3. The summed E-state index contributed by atoms with van der Waals surface area (Å²) >= 11 is 0. The Balaban J connectivity index is -0.000000595. The van der Waals surface area contributed by atoms with Crippen LogP contribution in [0.25, 0.3) is 0 Å². The van der Waals surface area contributed by atoms with Gasteiger partial charge >= 0.3 is 0 Å². The molecule has 0 saturated heterocycles. The molecule has 0 aromatic heterocycles. The molecule has 0 aromatic carbocycles. The van der Waals surface area contributed by atoms with E-state index in [0.29, 0.717) is 18.1 Å². The first-order valence-electron chi connectivity index (χ1n) is 8.45. The van der Waals surface area contributed by atoms with Gasteiger partial charge in [0.15, 0.2) is 0 Å². The Labute approximate surface area is 129 Å². The molecular formula is C17H40N2O. The first-order chi connectivity index (χ1) is 9.72. The Morgan fingerprint density at radius 2 is 1.80 bits per heavy atom. The van der Waals surface area contributed by atoms with Crippen LogP contribution in [0.15, 0.2) is 11.8 Å². The number of hydrazine groups is 1. The van der Waals surface area contributed by atoms with Gasteiger partial charge in [-0.2, -0.15) is 0 Å². The molecule has 1 aliphatic heterocycles. The van der Waals surface area contributed by atoms with Crippen molar-refractivity contribution in [2.24, 2.45) is 5.92 Å². The molecule has 2 N–H and O–H groups in total. The van der Waals surface area contributed by atoms with Gasteiger partial charge in [0.05, 0.1) is 6.10 Å². The van der Waals surface area contributed by atoms with E-state index in [9.17, 15) is 0 Å². The van der Waals surface area contributed by atoms with Gasteiger partial charge in [-0.15, -0.1) is 0 Å². The summed E-state index contributed by atoms with van der Waals surface area (Å²) in [6.07, 6.45) is 7.12. The minimum absolute atomic E-state index is 0. The van der Waals surface area contributed by atoms with Gasteiger partial charge in [0, 0.05) is 20.8 Å². The second-order valence-electron chi connectivity index (χ2n) is 4.62. The molecule has 3 nitrogen and oxygen atoms in total. The maximum Gasteiger partial charge on any atom is 0.0546 e. The molecule has 3 atom stereocenters. The molecule has 0 aromatic rings. The van der Waals surface area contributed by atoms with Crippen molar-refractivity contribution in [3.8, 4) is 0 Å². The molecule has 0 amide bonds. The van der Waals surface area contributed by atoms with Crippen LogP contribution in [0.1, 0.15) is 75.6 Å². The molecule has 0 aliphatic carbocycles.